The highest BCUT2D eigenvalue weighted by atomic mass is 19.1. The van der Waals surface area contributed by atoms with Gasteiger partial charge in [0.15, 0.2) is 17.2 Å². The molecule has 4 aliphatic rings. The van der Waals surface area contributed by atoms with Gasteiger partial charge in [-0.3, -0.25) is 14.4 Å². The molecule has 7 atom stereocenters. The highest BCUT2D eigenvalue weighted by Gasteiger charge is 2.75. The van der Waals surface area contributed by atoms with Gasteiger partial charge in [-0.05, 0) is 50.5 Å². The van der Waals surface area contributed by atoms with Crippen LogP contribution in [0.3, 0.4) is 0 Å². The molecule has 7 heteroatoms. The number of halogens is 1. The van der Waals surface area contributed by atoms with Crippen molar-refractivity contribution in [2.75, 3.05) is 6.61 Å². The molecule has 0 aromatic carbocycles. The monoisotopic (exact) mass is 422 g/mol. The Morgan fingerprint density at radius 3 is 2.53 bits per heavy atom. The van der Waals surface area contributed by atoms with Crippen molar-refractivity contribution in [3.8, 4) is 0 Å². The van der Waals surface area contributed by atoms with Crippen LogP contribution in [0.2, 0.25) is 0 Å². The lowest BCUT2D eigenvalue weighted by Gasteiger charge is -2.63. The van der Waals surface area contributed by atoms with E-state index in [0.29, 0.717) is 25.7 Å². The molecule has 4 aliphatic carbocycles. The first-order valence-electron chi connectivity index (χ1n) is 10.9. The first-order chi connectivity index (χ1) is 13.9. The minimum atomic E-state index is -1.89. The quantitative estimate of drug-likeness (QED) is 0.678. The topological polar surface area (TPSA) is 101 Å². The van der Waals surface area contributed by atoms with E-state index in [-0.39, 0.29) is 31.0 Å². The standard InChI is InChI=1S/C23H31FO6/c1-13(26)30-19-11-21(3)16(7-9-22(21,29)18(28)12-25)17-5-4-14-10-15(27)6-8-20(14,2)23(17,19)24/h10,16-17,19,25,29H,4-9,11-12H2,1-3H3/t16-,17-,19?,20-,21-,22-,23-/m0/s1. The zero-order valence-corrected chi connectivity index (χ0v) is 17.9. The van der Waals surface area contributed by atoms with Crippen LogP contribution in [0.4, 0.5) is 4.39 Å². The van der Waals surface area contributed by atoms with Gasteiger partial charge in [0.2, 0.25) is 0 Å². The minimum Gasteiger partial charge on any atom is -0.459 e. The van der Waals surface area contributed by atoms with Crippen LogP contribution in [0.1, 0.15) is 65.7 Å². The molecule has 0 aliphatic heterocycles. The number of carbonyl (C=O) groups excluding carboxylic acids is 3. The number of aliphatic hydroxyl groups is 2. The van der Waals surface area contributed by atoms with Gasteiger partial charge in [0.1, 0.15) is 18.3 Å². The summed E-state index contributed by atoms with van der Waals surface area (Å²) >= 11 is 0. The fourth-order valence-electron chi connectivity index (χ4n) is 7.45. The van der Waals surface area contributed by atoms with E-state index < -0.39 is 52.5 Å². The lowest BCUT2D eigenvalue weighted by Crippen LogP contribution is -2.70. The van der Waals surface area contributed by atoms with Crippen LogP contribution in [-0.4, -0.2) is 51.7 Å². The summed E-state index contributed by atoms with van der Waals surface area (Å²) in [4.78, 5) is 36.5. The molecule has 0 heterocycles. The number of aliphatic hydroxyl groups excluding tert-OH is 1. The Morgan fingerprint density at radius 1 is 1.20 bits per heavy atom. The number of ether oxygens (including phenoxy) is 1. The molecule has 6 nitrogen and oxygen atoms in total. The van der Waals surface area contributed by atoms with Gasteiger partial charge >= 0.3 is 5.97 Å². The van der Waals surface area contributed by atoms with Crippen LogP contribution >= 0.6 is 0 Å². The molecule has 3 fully saturated rings. The molecule has 0 amide bonds. The SMILES string of the molecule is CC(=O)OC1C[C@@]2(C)[C@@H](CC[C@]2(O)C(=O)CO)[C@@H]2CCC3=CC(=O)CC[C@]3(C)[C@@]12F. The maximum atomic E-state index is 17.4. The summed E-state index contributed by atoms with van der Waals surface area (Å²) < 4.78 is 23.0. The van der Waals surface area contributed by atoms with E-state index in [2.05, 4.69) is 0 Å². The van der Waals surface area contributed by atoms with E-state index in [4.69, 9.17) is 4.74 Å². The van der Waals surface area contributed by atoms with Crippen LogP contribution in [0, 0.1) is 22.7 Å². The smallest absolute Gasteiger partial charge is 0.303 e. The largest absolute Gasteiger partial charge is 0.459 e. The van der Waals surface area contributed by atoms with E-state index >= 15 is 4.39 Å². The number of allylic oxidation sites excluding steroid dienone is 1. The first-order valence-corrected chi connectivity index (χ1v) is 10.9. The van der Waals surface area contributed by atoms with Gasteiger partial charge in [-0.25, -0.2) is 4.39 Å². The molecule has 3 saturated carbocycles. The molecule has 4 rings (SSSR count). The minimum absolute atomic E-state index is 0.00186. The zero-order valence-electron chi connectivity index (χ0n) is 17.9. The highest BCUT2D eigenvalue weighted by molar-refractivity contribution is 5.92. The van der Waals surface area contributed by atoms with Gasteiger partial charge in [0, 0.05) is 30.1 Å². The number of Topliss-reactive ketones (excluding diaryl/α,β-unsaturated/α-hetero) is 1. The zero-order chi connectivity index (χ0) is 22.1. The third-order valence-corrected chi connectivity index (χ3v) is 9.08. The Hall–Kier alpha value is -1.60. The number of alkyl halides is 1. The number of rotatable bonds is 3. The molecule has 0 spiro atoms. The lowest BCUT2D eigenvalue weighted by molar-refractivity contribution is -0.236. The van der Waals surface area contributed by atoms with Crippen molar-refractivity contribution < 1.29 is 33.7 Å². The van der Waals surface area contributed by atoms with Crippen molar-refractivity contribution >= 4 is 17.5 Å². The number of ketones is 2. The second-order valence-electron chi connectivity index (χ2n) is 10.2. The molecular weight excluding hydrogens is 391 g/mol. The molecule has 0 bridgehead atoms. The van der Waals surface area contributed by atoms with E-state index in [1.54, 1.807) is 13.0 Å². The number of hydrogen-bond acceptors (Lipinski definition) is 6. The van der Waals surface area contributed by atoms with Crippen LogP contribution in [-0.2, 0) is 19.1 Å². The van der Waals surface area contributed by atoms with Crippen molar-refractivity contribution in [3.05, 3.63) is 11.6 Å². The van der Waals surface area contributed by atoms with Crippen molar-refractivity contribution in [2.45, 2.75) is 83.1 Å². The maximum absolute atomic E-state index is 17.4. The normalized spacial score (nSPS) is 47.6. The van der Waals surface area contributed by atoms with Crippen LogP contribution in [0.5, 0.6) is 0 Å². The fourth-order valence-corrected chi connectivity index (χ4v) is 7.45. The molecule has 0 aromatic heterocycles. The number of esters is 1. The van der Waals surface area contributed by atoms with Gasteiger partial charge < -0.3 is 14.9 Å². The van der Waals surface area contributed by atoms with E-state index in [1.165, 1.54) is 6.92 Å². The maximum Gasteiger partial charge on any atom is 0.303 e. The average Bonchev–Trinajstić information content (AvgIpc) is 2.94. The van der Waals surface area contributed by atoms with Crippen molar-refractivity contribution in [1.29, 1.82) is 0 Å². The Balaban J connectivity index is 1.86. The van der Waals surface area contributed by atoms with Crippen LogP contribution < -0.4 is 0 Å². The third kappa shape index (κ3) is 2.51. The second kappa shape index (κ2) is 6.70. The Kier molecular flexibility index (Phi) is 4.83. The second-order valence-corrected chi connectivity index (χ2v) is 10.2. The Morgan fingerprint density at radius 2 is 1.90 bits per heavy atom. The predicted octanol–water partition coefficient (Wildman–Crippen LogP) is 2.44. The average molecular weight is 422 g/mol. The van der Waals surface area contributed by atoms with Gasteiger partial charge in [-0.1, -0.05) is 19.4 Å². The van der Waals surface area contributed by atoms with E-state index in [0.717, 1.165) is 5.57 Å². The summed E-state index contributed by atoms with van der Waals surface area (Å²) in [5.41, 5.74) is -4.83. The summed E-state index contributed by atoms with van der Waals surface area (Å²) in [5, 5.41) is 20.8. The number of carbonyl (C=O) groups is 3. The molecule has 0 radical (unpaired) electrons. The molecule has 0 aromatic rings. The molecule has 2 N–H and O–H groups in total. The number of fused-ring (bicyclic) bond motifs is 5. The number of hydrogen-bond donors (Lipinski definition) is 2. The van der Waals surface area contributed by atoms with Gasteiger partial charge in [0.25, 0.3) is 0 Å². The Labute approximate surface area is 175 Å². The lowest BCUT2D eigenvalue weighted by atomic mass is 9.43. The highest BCUT2D eigenvalue weighted by Crippen LogP contribution is 2.70. The van der Waals surface area contributed by atoms with Crippen LogP contribution in [0.25, 0.3) is 0 Å². The molecule has 166 valence electrons. The van der Waals surface area contributed by atoms with Gasteiger partial charge in [-0.2, -0.15) is 0 Å². The van der Waals surface area contributed by atoms with Crippen LogP contribution in [0.15, 0.2) is 11.6 Å². The fraction of sp³-hybridized carbons (Fsp3) is 0.783. The van der Waals surface area contributed by atoms with Crippen molar-refractivity contribution in [2.24, 2.45) is 22.7 Å². The van der Waals surface area contributed by atoms with Gasteiger partial charge in [0.05, 0.1) is 0 Å². The van der Waals surface area contributed by atoms with E-state index in [9.17, 15) is 24.6 Å². The molecule has 30 heavy (non-hydrogen) atoms. The summed E-state index contributed by atoms with van der Waals surface area (Å²) in [6.07, 6.45) is 2.70. The summed E-state index contributed by atoms with van der Waals surface area (Å²) in [6, 6.07) is 0. The molecular formula is C23H31FO6. The van der Waals surface area contributed by atoms with E-state index in [1.807, 2.05) is 6.92 Å². The van der Waals surface area contributed by atoms with Crippen molar-refractivity contribution in [3.63, 3.8) is 0 Å². The first kappa shape index (κ1) is 21.6. The summed E-state index contributed by atoms with van der Waals surface area (Å²) in [5.74, 6) is -2.08. The van der Waals surface area contributed by atoms with Gasteiger partial charge in [-0.15, -0.1) is 0 Å². The molecule has 1 unspecified atom stereocenters. The third-order valence-electron chi connectivity index (χ3n) is 9.08. The molecule has 0 saturated heterocycles. The summed E-state index contributed by atoms with van der Waals surface area (Å²) in [6.45, 7) is 4.05. The Bertz CT molecular complexity index is 838. The van der Waals surface area contributed by atoms with Crippen molar-refractivity contribution in [1.82, 2.24) is 0 Å². The predicted molar refractivity (Wildman–Crippen MR) is 105 cm³/mol. The summed E-state index contributed by atoms with van der Waals surface area (Å²) in [7, 11) is 0.